The standard InChI is InChI=1S/C24H25FN2O3/c1-4-15-10-11-19-17(14-15)22(28)20-21(16-8-5-6-9-18(16)25)27(13-7-12-26(2)3)24(29)23(20)30-19/h5-6,8-11,14,21H,4,7,12-13H2,1-3H3. The summed E-state index contributed by atoms with van der Waals surface area (Å²) in [5.41, 5.74) is 1.66. The number of benzene rings is 2. The molecule has 1 aliphatic heterocycles. The van der Waals surface area contributed by atoms with Gasteiger partial charge in [-0.05, 0) is 57.2 Å². The van der Waals surface area contributed by atoms with Crippen LogP contribution in [0.3, 0.4) is 0 Å². The smallest absolute Gasteiger partial charge is 0.290 e. The van der Waals surface area contributed by atoms with Crippen molar-refractivity contribution in [1.29, 1.82) is 0 Å². The molecular formula is C24H25FN2O3. The van der Waals surface area contributed by atoms with Gasteiger partial charge in [-0.25, -0.2) is 4.39 Å². The topological polar surface area (TPSA) is 53.8 Å². The van der Waals surface area contributed by atoms with Gasteiger partial charge in [0.1, 0.15) is 11.4 Å². The van der Waals surface area contributed by atoms with Crippen molar-refractivity contribution < 1.29 is 13.6 Å². The Morgan fingerprint density at radius 2 is 1.90 bits per heavy atom. The van der Waals surface area contributed by atoms with E-state index in [4.69, 9.17) is 4.42 Å². The molecule has 3 aromatic rings. The van der Waals surface area contributed by atoms with Gasteiger partial charge in [-0.15, -0.1) is 0 Å². The molecule has 2 aromatic carbocycles. The van der Waals surface area contributed by atoms with Gasteiger partial charge in [-0.1, -0.05) is 31.2 Å². The van der Waals surface area contributed by atoms with Crippen molar-refractivity contribution in [1.82, 2.24) is 9.80 Å². The molecule has 0 spiro atoms. The molecule has 0 saturated carbocycles. The summed E-state index contributed by atoms with van der Waals surface area (Å²) < 4.78 is 20.7. The lowest BCUT2D eigenvalue weighted by atomic mass is 9.97. The van der Waals surface area contributed by atoms with E-state index >= 15 is 0 Å². The third-order valence-corrected chi connectivity index (χ3v) is 5.64. The van der Waals surface area contributed by atoms with Gasteiger partial charge in [0.2, 0.25) is 5.76 Å². The summed E-state index contributed by atoms with van der Waals surface area (Å²) in [6.45, 7) is 3.18. The van der Waals surface area contributed by atoms with Crippen molar-refractivity contribution >= 4 is 16.9 Å². The summed E-state index contributed by atoms with van der Waals surface area (Å²) in [5.74, 6) is -0.784. The van der Waals surface area contributed by atoms with Gasteiger partial charge in [0, 0.05) is 12.1 Å². The van der Waals surface area contributed by atoms with Crippen molar-refractivity contribution in [2.24, 2.45) is 0 Å². The first-order valence-corrected chi connectivity index (χ1v) is 10.2. The third-order valence-electron chi connectivity index (χ3n) is 5.64. The Labute approximate surface area is 174 Å². The van der Waals surface area contributed by atoms with Crippen LogP contribution in [0.5, 0.6) is 0 Å². The van der Waals surface area contributed by atoms with Crippen molar-refractivity contribution in [3.05, 3.63) is 81.0 Å². The van der Waals surface area contributed by atoms with Crippen LogP contribution in [0.2, 0.25) is 0 Å². The summed E-state index contributed by atoms with van der Waals surface area (Å²) in [7, 11) is 3.91. The maximum absolute atomic E-state index is 14.8. The minimum Gasteiger partial charge on any atom is -0.450 e. The molecule has 2 heterocycles. The van der Waals surface area contributed by atoms with Crippen molar-refractivity contribution in [3.8, 4) is 0 Å². The number of amides is 1. The molecule has 4 rings (SSSR count). The zero-order chi connectivity index (χ0) is 21.4. The summed E-state index contributed by atoms with van der Waals surface area (Å²) >= 11 is 0. The average Bonchev–Trinajstić information content (AvgIpc) is 3.00. The summed E-state index contributed by atoms with van der Waals surface area (Å²) in [6, 6.07) is 10.9. The Morgan fingerprint density at radius 1 is 1.13 bits per heavy atom. The number of carbonyl (C=O) groups is 1. The van der Waals surface area contributed by atoms with Gasteiger partial charge in [0.15, 0.2) is 5.43 Å². The van der Waals surface area contributed by atoms with Crippen molar-refractivity contribution in [3.63, 3.8) is 0 Å². The normalized spacial score (nSPS) is 16.0. The first-order valence-electron chi connectivity index (χ1n) is 10.2. The zero-order valence-corrected chi connectivity index (χ0v) is 17.4. The average molecular weight is 408 g/mol. The number of nitrogens with zero attached hydrogens (tertiary/aromatic N) is 2. The first kappa shape index (κ1) is 20.3. The fourth-order valence-electron chi connectivity index (χ4n) is 4.10. The highest BCUT2D eigenvalue weighted by atomic mass is 19.1. The molecule has 1 atom stereocenters. The maximum atomic E-state index is 14.8. The minimum atomic E-state index is -0.790. The van der Waals surface area contributed by atoms with Crippen LogP contribution in [-0.2, 0) is 6.42 Å². The van der Waals surface area contributed by atoms with Crippen LogP contribution in [-0.4, -0.2) is 42.9 Å². The molecule has 6 heteroatoms. The quantitative estimate of drug-likeness (QED) is 0.619. The van der Waals surface area contributed by atoms with Crippen LogP contribution in [0.15, 0.2) is 51.7 Å². The second kappa shape index (κ2) is 8.03. The number of hydrogen-bond donors (Lipinski definition) is 0. The Bertz CT molecular complexity index is 1170. The van der Waals surface area contributed by atoms with E-state index in [0.717, 1.165) is 18.5 Å². The van der Waals surface area contributed by atoms with Crippen LogP contribution in [0.25, 0.3) is 11.0 Å². The summed E-state index contributed by atoms with van der Waals surface area (Å²) in [4.78, 5) is 30.3. The lowest BCUT2D eigenvalue weighted by Gasteiger charge is -2.26. The number of carbonyl (C=O) groups excluding carboxylic acids is 1. The monoisotopic (exact) mass is 408 g/mol. The van der Waals surface area contributed by atoms with Gasteiger partial charge in [0.05, 0.1) is 17.0 Å². The Morgan fingerprint density at radius 3 is 2.60 bits per heavy atom. The largest absolute Gasteiger partial charge is 0.450 e. The number of hydrogen-bond acceptors (Lipinski definition) is 4. The highest BCUT2D eigenvalue weighted by molar-refractivity contribution is 5.99. The van der Waals surface area contributed by atoms with Gasteiger partial charge in [-0.2, -0.15) is 0 Å². The minimum absolute atomic E-state index is 0.0230. The highest BCUT2D eigenvalue weighted by Gasteiger charge is 2.43. The molecule has 0 aliphatic carbocycles. The van der Waals surface area contributed by atoms with E-state index in [-0.39, 0.29) is 22.7 Å². The number of fused-ring (bicyclic) bond motifs is 2. The summed E-state index contributed by atoms with van der Waals surface area (Å²) in [5, 5.41) is 0.428. The van der Waals surface area contributed by atoms with Crippen LogP contribution in [0.4, 0.5) is 4.39 Å². The molecule has 1 aliphatic rings. The molecule has 30 heavy (non-hydrogen) atoms. The van der Waals surface area contributed by atoms with E-state index < -0.39 is 11.9 Å². The van der Waals surface area contributed by atoms with E-state index in [1.54, 1.807) is 35.2 Å². The number of halogens is 1. The molecule has 156 valence electrons. The first-order chi connectivity index (χ1) is 14.4. The van der Waals surface area contributed by atoms with Crippen LogP contribution in [0.1, 0.15) is 46.6 Å². The molecule has 0 bridgehead atoms. The van der Waals surface area contributed by atoms with Crippen molar-refractivity contribution in [2.45, 2.75) is 25.8 Å². The second-order valence-electron chi connectivity index (χ2n) is 7.94. The molecule has 0 fully saturated rings. The predicted molar refractivity (Wildman–Crippen MR) is 114 cm³/mol. The number of aryl methyl sites for hydroxylation is 1. The van der Waals surface area contributed by atoms with E-state index in [1.807, 2.05) is 32.0 Å². The lowest BCUT2D eigenvalue weighted by molar-refractivity contribution is 0.0720. The molecule has 0 saturated heterocycles. The highest BCUT2D eigenvalue weighted by Crippen LogP contribution is 2.39. The molecule has 1 aromatic heterocycles. The molecule has 0 radical (unpaired) electrons. The maximum Gasteiger partial charge on any atom is 0.290 e. The molecule has 1 unspecified atom stereocenters. The predicted octanol–water partition coefficient (Wildman–Crippen LogP) is 3.99. The van der Waals surface area contributed by atoms with E-state index in [2.05, 4.69) is 0 Å². The molecule has 0 N–H and O–H groups in total. The Balaban J connectivity index is 1.91. The SMILES string of the molecule is CCc1ccc2oc3c(c(=O)c2c1)C(c1ccccc1F)N(CCCN(C)C)C3=O. The van der Waals surface area contributed by atoms with Crippen LogP contribution < -0.4 is 5.43 Å². The van der Waals surface area contributed by atoms with Gasteiger partial charge >= 0.3 is 0 Å². The Kier molecular flexibility index (Phi) is 5.43. The van der Waals surface area contributed by atoms with Gasteiger partial charge < -0.3 is 14.2 Å². The van der Waals surface area contributed by atoms with Crippen molar-refractivity contribution in [2.75, 3.05) is 27.2 Å². The van der Waals surface area contributed by atoms with E-state index in [9.17, 15) is 14.0 Å². The van der Waals surface area contributed by atoms with E-state index in [0.29, 0.717) is 29.5 Å². The molecule has 1 amide bonds. The third kappa shape index (κ3) is 3.41. The molecular weight excluding hydrogens is 383 g/mol. The second-order valence-corrected chi connectivity index (χ2v) is 7.94. The molecule has 5 nitrogen and oxygen atoms in total. The van der Waals surface area contributed by atoms with Gasteiger partial charge in [-0.3, -0.25) is 9.59 Å². The fourth-order valence-corrected chi connectivity index (χ4v) is 4.10. The lowest BCUT2D eigenvalue weighted by Crippen LogP contribution is -2.32. The van der Waals surface area contributed by atoms with Crippen LogP contribution in [0, 0.1) is 5.82 Å². The number of rotatable bonds is 6. The van der Waals surface area contributed by atoms with Crippen LogP contribution >= 0.6 is 0 Å². The zero-order valence-electron chi connectivity index (χ0n) is 17.4. The van der Waals surface area contributed by atoms with E-state index in [1.165, 1.54) is 6.07 Å². The Hall–Kier alpha value is -2.99. The summed E-state index contributed by atoms with van der Waals surface area (Å²) in [6.07, 6.45) is 1.48. The van der Waals surface area contributed by atoms with Gasteiger partial charge in [0.25, 0.3) is 5.91 Å². The fraction of sp³-hybridized carbons (Fsp3) is 0.333.